The van der Waals surface area contributed by atoms with Gasteiger partial charge in [0.25, 0.3) is 5.69 Å². The zero-order chi connectivity index (χ0) is 15.2. The SMILES string of the molecule is N#Cc1ccc(NC(=O)Oc2ccc([N+](=O)[O-])cc2)cn1. The smallest absolute Gasteiger partial charge is 0.410 e. The molecule has 0 aliphatic rings. The number of hydrogen-bond donors (Lipinski definition) is 1. The van der Waals surface area contributed by atoms with E-state index < -0.39 is 11.0 Å². The third kappa shape index (κ3) is 3.74. The summed E-state index contributed by atoms with van der Waals surface area (Å²) in [6.45, 7) is 0. The van der Waals surface area contributed by atoms with E-state index in [2.05, 4.69) is 10.3 Å². The molecular weight excluding hydrogens is 276 g/mol. The van der Waals surface area contributed by atoms with E-state index in [1.807, 2.05) is 6.07 Å². The van der Waals surface area contributed by atoms with Crippen LogP contribution >= 0.6 is 0 Å². The van der Waals surface area contributed by atoms with Crippen LogP contribution in [0.15, 0.2) is 42.6 Å². The van der Waals surface area contributed by atoms with Crippen LogP contribution in [0, 0.1) is 21.4 Å². The fourth-order valence-electron chi connectivity index (χ4n) is 1.42. The number of nitrogens with one attached hydrogen (secondary N) is 1. The van der Waals surface area contributed by atoms with Crippen molar-refractivity contribution in [1.29, 1.82) is 5.26 Å². The number of carbonyl (C=O) groups is 1. The molecule has 0 aliphatic carbocycles. The average molecular weight is 284 g/mol. The lowest BCUT2D eigenvalue weighted by Crippen LogP contribution is -2.16. The van der Waals surface area contributed by atoms with Gasteiger partial charge in [-0.2, -0.15) is 5.26 Å². The zero-order valence-electron chi connectivity index (χ0n) is 10.5. The first-order chi connectivity index (χ1) is 10.1. The lowest BCUT2D eigenvalue weighted by atomic mass is 10.3. The Morgan fingerprint density at radius 2 is 2.00 bits per heavy atom. The minimum Gasteiger partial charge on any atom is -0.410 e. The minimum atomic E-state index is -0.768. The molecule has 0 saturated heterocycles. The molecule has 0 bridgehead atoms. The van der Waals surface area contributed by atoms with Gasteiger partial charge in [0.2, 0.25) is 0 Å². The first-order valence-corrected chi connectivity index (χ1v) is 5.68. The number of hydrogen-bond acceptors (Lipinski definition) is 6. The predicted octanol–water partition coefficient (Wildman–Crippen LogP) is 2.47. The fourth-order valence-corrected chi connectivity index (χ4v) is 1.42. The lowest BCUT2D eigenvalue weighted by molar-refractivity contribution is -0.384. The molecule has 0 fully saturated rings. The van der Waals surface area contributed by atoms with Crippen LogP contribution in [0.25, 0.3) is 0 Å². The first kappa shape index (κ1) is 14.0. The number of non-ortho nitro benzene ring substituents is 1. The summed E-state index contributed by atoms with van der Waals surface area (Å²) in [5.74, 6) is 0.166. The van der Waals surface area contributed by atoms with Crippen molar-refractivity contribution >= 4 is 17.5 Å². The van der Waals surface area contributed by atoms with E-state index >= 15 is 0 Å². The Bertz CT molecular complexity index is 704. The second-order valence-corrected chi connectivity index (χ2v) is 3.81. The number of aromatic nitrogens is 1. The summed E-state index contributed by atoms with van der Waals surface area (Å²) in [7, 11) is 0. The van der Waals surface area contributed by atoms with Crippen molar-refractivity contribution in [3.63, 3.8) is 0 Å². The van der Waals surface area contributed by atoms with Crippen molar-refractivity contribution in [3.8, 4) is 11.8 Å². The molecule has 1 N–H and O–H groups in total. The highest BCUT2D eigenvalue weighted by molar-refractivity contribution is 5.86. The second-order valence-electron chi connectivity index (χ2n) is 3.81. The zero-order valence-corrected chi connectivity index (χ0v) is 10.5. The summed E-state index contributed by atoms with van der Waals surface area (Å²) in [6, 6.07) is 9.88. The molecule has 0 atom stereocenters. The number of pyridine rings is 1. The summed E-state index contributed by atoms with van der Waals surface area (Å²) in [5, 5.41) is 21.5. The maximum atomic E-state index is 11.6. The standard InChI is InChI=1S/C13H8N4O4/c14-7-9-1-2-10(8-15-9)16-13(18)21-12-5-3-11(4-6-12)17(19)20/h1-6,8H,(H,16,18). The molecule has 8 nitrogen and oxygen atoms in total. The average Bonchev–Trinajstić information content (AvgIpc) is 2.48. The topological polar surface area (TPSA) is 118 Å². The van der Waals surface area contributed by atoms with Crippen LogP contribution in [0.4, 0.5) is 16.2 Å². The van der Waals surface area contributed by atoms with E-state index in [-0.39, 0.29) is 17.1 Å². The molecule has 1 aromatic heterocycles. The molecule has 1 aromatic carbocycles. The van der Waals surface area contributed by atoms with Crippen LogP contribution in [0.2, 0.25) is 0 Å². The van der Waals surface area contributed by atoms with Crippen molar-refractivity contribution in [2.75, 3.05) is 5.32 Å². The Hall–Kier alpha value is -3.47. The maximum Gasteiger partial charge on any atom is 0.417 e. The van der Waals surface area contributed by atoms with E-state index in [0.29, 0.717) is 5.69 Å². The van der Waals surface area contributed by atoms with Crippen LogP contribution in [-0.2, 0) is 0 Å². The molecule has 2 rings (SSSR count). The Morgan fingerprint density at radius 1 is 1.29 bits per heavy atom. The highest BCUT2D eigenvalue weighted by Crippen LogP contribution is 2.18. The summed E-state index contributed by atoms with van der Waals surface area (Å²) >= 11 is 0. The third-order valence-corrected chi connectivity index (χ3v) is 2.38. The molecule has 0 unspecified atom stereocenters. The van der Waals surface area contributed by atoms with Crippen LogP contribution in [0.5, 0.6) is 5.75 Å². The van der Waals surface area contributed by atoms with Gasteiger partial charge in [-0.1, -0.05) is 0 Å². The van der Waals surface area contributed by atoms with Crippen LogP contribution in [0.1, 0.15) is 5.69 Å². The summed E-state index contributed by atoms with van der Waals surface area (Å²) in [4.78, 5) is 25.3. The highest BCUT2D eigenvalue weighted by Gasteiger charge is 2.08. The van der Waals surface area contributed by atoms with Crippen molar-refractivity contribution in [1.82, 2.24) is 4.98 Å². The number of nitro groups is 1. The van der Waals surface area contributed by atoms with Gasteiger partial charge in [0.1, 0.15) is 17.5 Å². The van der Waals surface area contributed by atoms with Crippen molar-refractivity contribution in [3.05, 3.63) is 58.4 Å². The van der Waals surface area contributed by atoms with Crippen molar-refractivity contribution in [2.24, 2.45) is 0 Å². The van der Waals surface area contributed by atoms with Crippen molar-refractivity contribution < 1.29 is 14.5 Å². The number of benzene rings is 1. The van der Waals surface area contributed by atoms with Gasteiger partial charge in [-0.25, -0.2) is 9.78 Å². The molecule has 21 heavy (non-hydrogen) atoms. The molecule has 1 heterocycles. The largest absolute Gasteiger partial charge is 0.417 e. The number of amides is 1. The Balaban J connectivity index is 1.97. The molecule has 104 valence electrons. The fraction of sp³-hybridized carbons (Fsp3) is 0. The first-order valence-electron chi connectivity index (χ1n) is 5.68. The third-order valence-electron chi connectivity index (χ3n) is 2.38. The number of anilines is 1. The van der Waals surface area contributed by atoms with Gasteiger partial charge in [0, 0.05) is 12.1 Å². The number of nitrogens with zero attached hydrogens (tertiary/aromatic N) is 3. The molecule has 2 aromatic rings. The van der Waals surface area contributed by atoms with E-state index in [9.17, 15) is 14.9 Å². The Labute approximate surface area is 118 Å². The quantitative estimate of drug-likeness (QED) is 0.683. The van der Waals surface area contributed by atoms with Gasteiger partial charge >= 0.3 is 6.09 Å². The molecule has 0 saturated carbocycles. The maximum absolute atomic E-state index is 11.6. The molecular formula is C13H8N4O4. The lowest BCUT2D eigenvalue weighted by Gasteiger charge is -2.06. The van der Waals surface area contributed by atoms with E-state index in [4.69, 9.17) is 10.00 Å². The molecule has 0 spiro atoms. The number of nitro benzene ring substituents is 1. The molecule has 0 aliphatic heterocycles. The summed E-state index contributed by atoms with van der Waals surface area (Å²) < 4.78 is 4.94. The Morgan fingerprint density at radius 3 is 2.52 bits per heavy atom. The van der Waals surface area contributed by atoms with E-state index in [0.717, 1.165) is 0 Å². The van der Waals surface area contributed by atoms with Gasteiger partial charge < -0.3 is 4.74 Å². The number of carbonyl (C=O) groups excluding carboxylic acids is 1. The van der Waals surface area contributed by atoms with Gasteiger partial charge in [0.05, 0.1) is 16.8 Å². The molecule has 1 amide bonds. The van der Waals surface area contributed by atoms with Gasteiger partial charge in [-0.3, -0.25) is 15.4 Å². The predicted molar refractivity (Wildman–Crippen MR) is 71.7 cm³/mol. The summed E-state index contributed by atoms with van der Waals surface area (Å²) in [6.07, 6.45) is 0.547. The second kappa shape index (κ2) is 6.12. The van der Waals surface area contributed by atoms with Crippen LogP contribution in [-0.4, -0.2) is 16.0 Å². The molecule has 8 heteroatoms. The van der Waals surface area contributed by atoms with Crippen molar-refractivity contribution in [2.45, 2.75) is 0 Å². The minimum absolute atomic E-state index is 0.0981. The highest BCUT2D eigenvalue weighted by atomic mass is 16.6. The van der Waals surface area contributed by atoms with Gasteiger partial charge in [0.15, 0.2) is 0 Å². The van der Waals surface area contributed by atoms with Crippen LogP contribution < -0.4 is 10.1 Å². The van der Waals surface area contributed by atoms with Crippen LogP contribution in [0.3, 0.4) is 0 Å². The summed E-state index contributed by atoms with van der Waals surface area (Å²) in [5.41, 5.74) is 0.490. The number of ether oxygens (including phenoxy) is 1. The van der Waals surface area contributed by atoms with Gasteiger partial charge in [-0.05, 0) is 24.3 Å². The Kier molecular flexibility index (Phi) is 4.06. The number of rotatable bonds is 3. The van der Waals surface area contributed by atoms with E-state index in [1.54, 1.807) is 0 Å². The number of nitriles is 1. The normalized spacial score (nSPS) is 9.48. The van der Waals surface area contributed by atoms with E-state index in [1.165, 1.54) is 42.6 Å². The molecule has 0 radical (unpaired) electrons. The monoisotopic (exact) mass is 284 g/mol. The van der Waals surface area contributed by atoms with Gasteiger partial charge in [-0.15, -0.1) is 0 Å².